The second-order valence-corrected chi connectivity index (χ2v) is 6.12. The number of rotatable bonds is 4. The van der Waals surface area contributed by atoms with Crippen LogP contribution < -0.4 is 10.2 Å². The summed E-state index contributed by atoms with van der Waals surface area (Å²) in [4.78, 5) is 35.4. The number of aromatic nitrogens is 2. The van der Waals surface area contributed by atoms with Crippen molar-refractivity contribution in [2.45, 2.75) is 13.8 Å². The van der Waals surface area contributed by atoms with Gasteiger partial charge in [-0.05, 0) is 38.1 Å². The van der Waals surface area contributed by atoms with Crippen LogP contribution in [0.4, 0.5) is 11.4 Å². The zero-order valence-electron chi connectivity index (χ0n) is 15.4. The van der Waals surface area contributed by atoms with Gasteiger partial charge in [-0.3, -0.25) is 9.59 Å². The highest BCUT2D eigenvalue weighted by Crippen LogP contribution is 2.21. The van der Waals surface area contributed by atoms with Gasteiger partial charge in [0.05, 0.1) is 22.5 Å². The number of hydrogen-bond acceptors (Lipinski definition) is 4. The number of amides is 2. The minimum absolute atomic E-state index is 0.214. The van der Waals surface area contributed by atoms with Gasteiger partial charge in [0.1, 0.15) is 5.82 Å². The van der Waals surface area contributed by atoms with Gasteiger partial charge >= 0.3 is 0 Å². The largest absolute Gasteiger partial charge is 0.321 e. The van der Waals surface area contributed by atoms with Crippen molar-refractivity contribution in [3.8, 4) is 0 Å². The molecule has 3 aromatic rings. The molecule has 6 nitrogen and oxygen atoms in total. The number of carbonyl (C=O) groups is 2. The third-order valence-electron chi connectivity index (χ3n) is 4.20. The van der Waals surface area contributed by atoms with E-state index in [1.807, 2.05) is 30.3 Å². The number of nitrogens with one attached hydrogen (secondary N) is 1. The van der Waals surface area contributed by atoms with E-state index in [0.717, 1.165) is 5.69 Å². The van der Waals surface area contributed by atoms with Crippen LogP contribution in [0.3, 0.4) is 0 Å². The standard InChI is InChI=1S/C21H20N4O2/c1-14-18(13-22-15(2)23-14)20(26)24-19-12-8-7-11-17(19)21(27)25(3)16-9-5-4-6-10-16/h4-13H,1-3H3,(H,24,26). The molecule has 3 rings (SSSR count). The van der Waals surface area contributed by atoms with Gasteiger partial charge in [0.15, 0.2) is 0 Å². The molecule has 2 aromatic carbocycles. The molecule has 0 radical (unpaired) electrons. The molecule has 0 saturated carbocycles. The Morgan fingerprint density at radius 1 is 0.926 bits per heavy atom. The topological polar surface area (TPSA) is 75.2 Å². The zero-order chi connectivity index (χ0) is 19.4. The van der Waals surface area contributed by atoms with Gasteiger partial charge in [-0.1, -0.05) is 30.3 Å². The molecule has 136 valence electrons. The quantitative estimate of drug-likeness (QED) is 0.771. The van der Waals surface area contributed by atoms with Crippen LogP contribution in [0.15, 0.2) is 60.8 Å². The second-order valence-electron chi connectivity index (χ2n) is 6.12. The van der Waals surface area contributed by atoms with Crippen LogP contribution in [0.1, 0.15) is 32.2 Å². The van der Waals surface area contributed by atoms with E-state index in [9.17, 15) is 9.59 Å². The lowest BCUT2D eigenvalue weighted by atomic mass is 10.1. The first-order valence-electron chi connectivity index (χ1n) is 8.51. The first-order chi connectivity index (χ1) is 13.0. The molecule has 0 aliphatic rings. The summed E-state index contributed by atoms with van der Waals surface area (Å²) in [6.45, 7) is 3.52. The number of hydrogen-bond donors (Lipinski definition) is 1. The average Bonchev–Trinajstić information content (AvgIpc) is 2.68. The minimum Gasteiger partial charge on any atom is -0.321 e. The number of anilines is 2. The predicted octanol–water partition coefficient (Wildman–Crippen LogP) is 3.62. The fourth-order valence-electron chi connectivity index (χ4n) is 2.72. The van der Waals surface area contributed by atoms with Gasteiger partial charge in [0, 0.05) is 18.9 Å². The van der Waals surface area contributed by atoms with E-state index < -0.39 is 0 Å². The molecule has 0 unspecified atom stereocenters. The van der Waals surface area contributed by atoms with E-state index in [2.05, 4.69) is 15.3 Å². The molecule has 0 fully saturated rings. The van der Waals surface area contributed by atoms with Crippen LogP contribution in [-0.2, 0) is 0 Å². The van der Waals surface area contributed by atoms with Crippen molar-refractivity contribution < 1.29 is 9.59 Å². The Bertz CT molecular complexity index is 986. The number of carbonyl (C=O) groups excluding carboxylic acids is 2. The van der Waals surface area contributed by atoms with E-state index in [0.29, 0.717) is 28.3 Å². The van der Waals surface area contributed by atoms with Crippen molar-refractivity contribution in [1.82, 2.24) is 9.97 Å². The highest BCUT2D eigenvalue weighted by Gasteiger charge is 2.19. The molecular formula is C21H20N4O2. The SMILES string of the molecule is Cc1ncc(C(=O)Nc2ccccc2C(=O)N(C)c2ccccc2)c(C)n1. The monoisotopic (exact) mass is 360 g/mol. The summed E-state index contributed by atoms with van der Waals surface area (Å²) in [5, 5.41) is 2.81. The summed E-state index contributed by atoms with van der Waals surface area (Å²) in [6, 6.07) is 16.3. The maximum Gasteiger partial charge on any atom is 0.260 e. The van der Waals surface area contributed by atoms with E-state index in [4.69, 9.17) is 0 Å². The maximum atomic E-state index is 12.9. The number of benzene rings is 2. The molecule has 1 N–H and O–H groups in total. The summed E-state index contributed by atoms with van der Waals surface area (Å²) >= 11 is 0. The number of para-hydroxylation sites is 2. The van der Waals surface area contributed by atoms with Crippen LogP contribution >= 0.6 is 0 Å². The Morgan fingerprint density at radius 3 is 2.30 bits per heavy atom. The number of nitrogens with zero attached hydrogens (tertiary/aromatic N) is 3. The highest BCUT2D eigenvalue weighted by atomic mass is 16.2. The molecule has 0 saturated heterocycles. The van der Waals surface area contributed by atoms with Crippen LogP contribution in [-0.4, -0.2) is 28.8 Å². The molecule has 2 amide bonds. The van der Waals surface area contributed by atoms with Crippen molar-refractivity contribution in [3.05, 3.63) is 83.4 Å². The Labute approximate surface area is 157 Å². The summed E-state index contributed by atoms with van der Waals surface area (Å²) in [5.41, 5.74) is 2.58. The lowest BCUT2D eigenvalue weighted by Gasteiger charge is -2.19. The van der Waals surface area contributed by atoms with Gasteiger partial charge in [-0.15, -0.1) is 0 Å². The van der Waals surface area contributed by atoms with Crippen molar-refractivity contribution in [1.29, 1.82) is 0 Å². The summed E-state index contributed by atoms with van der Waals surface area (Å²) in [7, 11) is 1.70. The third-order valence-corrected chi connectivity index (χ3v) is 4.20. The Kier molecular flexibility index (Phi) is 5.26. The van der Waals surface area contributed by atoms with Crippen LogP contribution in [0.5, 0.6) is 0 Å². The molecule has 0 bridgehead atoms. The minimum atomic E-state index is -0.352. The normalized spacial score (nSPS) is 10.3. The molecule has 6 heteroatoms. The molecule has 1 aromatic heterocycles. The van der Waals surface area contributed by atoms with E-state index in [1.54, 1.807) is 50.1 Å². The van der Waals surface area contributed by atoms with E-state index in [1.165, 1.54) is 6.20 Å². The zero-order valence-corrected chi connectivity index (χ0v) is 15.4. The van der Waals surface area contributed by atoms with Crippen molar-refractivity contribution in [3.63, 3.8) is 0 Å². The van der Waals surface area contributed by atoms with Crippen molar-refractivity contribution in [2.24, 2.45) is 0 Å². The summed E-state index contributed by atoms with van der Waals surface area (Å²) < 4.78 is 0. The fraction of sp³-hybridized carbons (Fsp3) is 0.143. The molecular weight excluding hydrogens is 340 g/mol. The molecule has 0 spiro atoms. The van der Waals surface area contributed by atoms with E-state index in [-0.39, 0.29) is 11.8 Å². The van der Waals surface area contributed by atoms with E-state index >= 15 is 0 Å². The average molecular weight is 360 g/mol. The smallest absolute Gasteiger partial charge is 0.260 e. The third kappa shape index (κ3) is 4.00. The Hall–Kier alpha value is -3.54. The molecule has 0 aliphatic heterocycles. The molecule has 0 aliphatic carbocycles. The lowest BCUT2D eigenvalue weighted by molar-refractivity contribution is 0.0994. The van der Waals surface area contributed by atoms with Gasteiger partial charge in [-0.25, -0.2) is 9.97 Å². The van der Waals surface area contributed by atoms with Crippen LogP contribution in [0.25, 0.3) is 0 Å². The Morgan fingerprint density at radius 2 is 1.59 bits per heavy atom. The fourth-order valence-corrected chi connectivity index (χ4v) is 2.72. The predicted molar refractivity (Wildman–Crippen MR) is 105 cm³/mol. The van der Waals surface area contributed by atoms with Crippen molar-refractivity contribution >= 4 is 23.2 Å². The molecule has 27 heavy (non-hydrogen) atoms. The first-order valence-corrected chi connectivity index (χ1v) is 8.51. The van der Waals surface area contributed by atoms with Gasteiger partial charge < -0.3 is 10.2 Å². The Balaban J connectivity index is 1.88. The molecule has 0 atom stereocenters. The lowest BCUT2D eigenvalue weighted by Crippen LogP contribution is -2.27. The second kappa shape index (κ2) is 7.78. The van der Waals surface area contributed by atoms with Gasteiger partial charge in [0.2, 0.25) is 0 Å². The first kappa shape index (κ1) is 18.3. The summed E-state index contributed by atoms with van der Waals surface area (Å²) in [6.07, 6.45) is 1.49. The van der Waals surface area contributed by atoms with Crippen LogP contribution in [0.2, 0.25) is 0 Å². The maximum absolute atomic E-state index is 12.9. The van der Waals surface area contributed by atoms with Crippen LogP contribution in [0, 0.1) is 13.8 Å². The van der Waals surface area contributed by atoms with Gasteiger partial charge in [-0.2, -0.15) is 0 Å². The summed E-state index contributed by atoms with van der Waals surface area (Å²) in [5.74, 6) is 0.0354. The molecule has 1 heterocycles. The van der Waals surface area contributed by atoms with Crippen molar-refractivity contribution in [2.75, 3.05) is 17.3 Å². The van der Waals surface area contributed by atoms with Gasteiger partial charge in [0.25, 0.3) is 11.8 Å². The number of aryl methyl sites for hydroxylation is 2. The highest BCUT2D eigenvalue weighted by molar-refractivity contribution is 6.13.